The molecule has 0 bridgehead atoms. The van der Waals surface area contributed by atoms with Crippen molar-refractivity contribution in [3.8, 4) is 0 Å². The third-order valence-electron chi connectivity index (χ3n) is 4.48. The number of aryl methyl sites for hydroxylation is 1. The van der Waals surface area contributed by atoms with E-state index < -0.39 is 0 Å². The highest BCUT2D eigenvalue weighted by molar-refractivity contribution is 7.09. The smallest absolute Gasteiger partial charge is 0.205 e. The number of hydrogen-bond acceptors (Lipinski definition) is 8. The molecule has 24 heavy (non-hydrogen) atoms. The normalized spacial score (nSPS) is 18.8. The minimum atomic E-state index is 0.526. The molecule has 0 aromatic carbocycles. The van der Waals surface area contributed by atoms with Crippen LogP contribution in [0.4, 0.5) is 10.9 Å². The fourth-order valence-corrected chi connectivity index (χ4v) is 3.87. The molecule has 1 atom stereocenters. The summed E-state index contributed by atoms with van der Waals surface area (Å²) in [5.41, 5.74) is 5.75. The molecule has 2 aromatic rings. The first-order chi connectivity index (χ1) is 11.7. The Bertz CT molecular complexity index is 659. The predicted octanol–water partition coefficient (Wildman–Crippen LogP) is 1.96. The van der Waals surface area contributed by atoms with Crippen LogP contribution in [-0.2, 0) is 13.0 Å². The van der Waals surface area contributed by atoms with Gasteiger partial charge in [-0.25, -0.2) is 15.0 Å². The van der Waals surface area contributed by atoms with Gasteiger partial charge in [0.15, 0.2) is 0 Å². The van der Waals surface area contributed by atoms with Crippen molar-refractivity contribution in [1.82, 2.24) is 24.2 Å². The largest absolute Gasteiger partial charge is 0.384 e. The van der Waals surface area contributed by atoms with E-state index in [9.17, 15) is 0 Å². The molecule has 3 rings (SSSR count). The average Bonchev–Trinajstić information content (AvgIpc) is 2.91. The molecule has 1 aliphatic rings. The zero-order valence-corrected chi connectivity index (χ0v) is 15.2. The van der Waals surface area contributed by atoms with E-state index in [-0.39, 0.29) is 0 Å². The Kier molecular flexibility index (Phi) is 5.57. The lowest BCUT2D eigenvalue weighted by Crippen LogP contribution is -2.33. The summed E-state index contributed by atoms with van der Waals surface area (Å²) in [4.78, 5) is 18.0. The average molecular weight is 347 g/mol. The summed E-state index contributed by atoms with van der Waals surface area (Å²) in [6, 6.07) is 2.25. The summed E-state index contributed by atoms with van der Waals surface area (Å²) in [5, 5.41) is 1.06. The van der Waals surface area contributed by atoms with Crippen LogP contribution in [0.1, 0.15) is 37.8 Å². The Hall–Kier alpha value is -1.80. The molecule has 1 fully saturated rings. The van der Waals surface area contributed by atoms with Gasteiger partial charge in [0.1, 0.15) is 17.5 Å². The van der Waals surface area contributed by atoms with Crippen LogP contribution in [0.15, 0.2) is 12.3 Å². The first kappa shape index (κ1) is 17.0. The fourth-order valence-electron chi connectivity index (χ4n) is 3.07. The third-order valence-corrected chi connectivity index (χ3v) is 5.30. The zero-order valence-electron chi connectivity index (χ0n) is 14.4. The number of nitrogen functional groups attached to an aromatic ring is 1. The molecule has 0 spiro atoms. The van der Waals surface area contributed by atoms with Gasteiger partial charge < -0.3 is 10.6 Å². The highest BCUT2D eigenvalue weighted by Crippen LogP contribution is 2.23. The Morgan fingerprint density at radius 1 is 1.29 bits per heavy atom. The second kappa shape index (κ2) is 7.85. The lowest BCUT2D eigenvalue weighted by atomic mass is 10.1. The molecule has 0 saturated carbocycles. The molecule has 1 unspecified atom stereocenters. The molecule has 0 amide bonds. The SMILES string of the molecule is CCc1nsc(N2CCCC(N(C)Cc3nccc(N)n3)CC2)n1. The molecule has 3 heterocycles. The minimum Gasteiger partial charge on any atom is -0.384 e. The summed E-state index contributed by atoms with van der Waals surface area (Å²) in [7, 11) is 2.15. The van der Waals surface area contributed by atoms with Crippen molar-refractivity contribution >= 4 is 22.5 Å². The van der Waals surface area contributed by atoms with Gasteiger partial charge in [-0.1, -0.05) is 6.92 Å². The molecule has 130 valence electrons. The lowest BCUT2D eigenvalue weighted by molar-refractivity contribution is 0.212. The highest BCUT2D eigenvalue weighted by atomic mass is 32.1. The molecular formula is C16H25N7S. The Morgan fingerprint density at radius 3 is 2.92 bits per heavy atom. The summed E-state index contributed by atoms with van der Waals surface area (Å²) >= 11 is 1.52. The summed E-state index contributed by atoms with van der Waals surface area (Å²) < 4.78 is 4.41. The van der Waals surface area contributed by atoms with E-state index in [2.05, 4.69) is 43.1 Å². The van der Waals surface area contributed by atoms with Crippen LogP contribution < -0.4 is 10.6 Å². The Labute approximate surface area is 147 Å². The molecule has 1 saturated heterocycles. The molecule has 8 heteroatoms. The van der Waals surface area contributed by atoms with Gasteiger partial charge in [-0.2, -0.15) is 4.37 Å². The van der Waals surface area contributed by atoms with Crippen LogP contribution in [0.3, 0.4) is 0 Å². The monoisotopic (exact) mass is 347 g/mol. The van der Waals surface area contributed by atoms with Gasteiger partial charge in [0, 0.05) is 43.3 Å². The van der Waals surface area contributed by atoms with E-state index in [1.54, 1.807) is 12.3 Å². The number of aromatic nitrogens is 4. The van der Waals surface area contributed by atoms with Gasteiger partial charge in [0.2, 0.25) is 5.13 Å². The van der Waals surface area contributed by atoms with Gasteiger partial charge in [-0.15, -0.1) is 0 Å². The molecule has 2 aromatic heterocycles. The van der Waals surface area contributed by atoms with Crippen LogP contribution in [0.2, 0.25) is 0 Å². The summed E-state index contributed by atoms with van der Waals surface area (Å²) in [5.74, 6) is 2.27. The number of anilines is 2. The molecule has 7 nitrogen and oxygen atoms in total. The van der Waals surface area contributed by atoms with Gasteiger partial charge in [0.05, 0.1) is 6.54 Å². The molecule has 0 radical (unpaired) electrons. The molecule has 2 N–H and O–H groups in total. The van der Waals surface area contributed by atoms with Crippen LogP contribution in [0.5, 0.6) is 0 Å². The maximum Gasteiger partial charge on any atom is 0.205 e. The van der Waals surface area contributed by atoms with Crippen LogP contribution >= 0.6 is 11.5 Å². The van der Waals surface area contributed by atoms with Crippen molar-refractivity contribution in [1.29, 1.82) is 0 Å². The van der Waals surface area contributed by atoms with E-state index in [4.69, 9.17) is 5.73 Å². The maximum atomic E-state index is 5.75. The number of rotatable bonds is 5. The van der Waals surface area contributed by atoms with Crippen LogP contribution in [-0.4, -0.2) is 50.4 Å². The maximum absolute atomic E-state index is 5.75. The van der Waals surface area contributed by atoms with Crippen molar-refractivity contribution in [3.05, 3.63) is 23.9 Å². The van der Waals surface area contributed by atoms with Crippen LogP contribution in [0.25, 0.3) is 0 Å². The Morgan fingerprint density at radius 2 is 2.17 bits per heavy atom. The van der Waals surface area contributed by atoms with Crippen molar-refractivity contribution in [2.75, 3.05) is 30.8 Å². The molecular weight excluding hydrogens is 322 g/mol. The lowest BCUT2D eigenvalue weighted by Gasteiger charge is -2.26. The van der Waals surface area contributed by atoms with E-state index in [0.29, 0.717) is 11.9 Å². The van der Waals surface area contributed by atoms with Gasteiger partial charge in [0.25, 0.3) is 0 Å². The second-order valence-electron chi connectivity index (χ2n) is 6.23. The third kappa shape index (κ3) is 4.18. The van der Waals surface area contributed by atoms with Crippen molar-refractivity contribution in [3.63, 3.8) is 0 Å². The van der Waals surface area contributed by atoms with Crippen LogP contribution in [0, 0.1) is 0 Å². The van der Waals surface area contributed by atoms with E-state index in [1.807, 2.05) is 0 Å². The second-order valence-corrected chi connectivity index (χ2v) is 6.96. The quantitative estimate of drug-likeness (QED) is 0.885. The van der Waals surface area contributed by atoms with Gasteiger partial charge in [-0.05, 0) is 32.4 Å². The van der Waals surface area contributed by atoms with Crippen molar-refractivity contribution < 1.29 is 0 Å². The standard InChI is InChI=1S/C16H25N7S/c1-3-14-20-16(24-21-14)23-9-4-5-12(7-10-23)22(2)11-15-18-8-6-13(17)19-15/h6,8,12H,3-5,7,9-11H2,1-2H3,(H2,17,18,19). The van der Waals surface area contributed by atoms with Crippen molar-refractivity contribution in [2.24, 2.45) is 0 Å². The van der Waals surface area contributed by atoms with Gasteiger partial charge in [-0.3, -0.25) is 4.90 Å². The van der Waals surface area contributed by atoms with E-state index in [1.165, 1.54) is 18.0 Å². The van der Waals surface area contributed by atoms with E-state index >= 15 is 0 Å². The van der Waals surface area contributed by atoms with Crippen molar-refractivity contribution in [2.45, 2.75) is 45.2 Å². The Balaban J connectivity index is 1.58. The summed E-state index contributed by atoms with van der Waals surface area (Å²) in [6.07, 6.45) is 6.07. The molecule has 0 aliphatic carbocycles. The molecule has 1 aliphatic heterocycles. The van der Waals surface area contributed by atoms with Gasteiger partial charge >= 0.3 is 0 Å². The highest BCUT2D eigenvalue weighted by Gasteiger charge is 2.22. The first-order valence-electron chi connectivity index (χ1n) is 8.51. The number of hydrogen-bond donors (Lipinski definition) is 1. The zero-order chi connectivity index (χ0) is 16.9. The minimum absolute atomic E-state index is 0.526. The summed E-state index contributed by atoms with van der Waals surface area (Å²) in [6.45, 7) is 4.90. The first-order valence-corrected chi connectivity index (χ1v) is 9.28. The fraction of sp³-hybridized carbons (Fsp3) is 0.625. The number of nitrogens with zero attached hydrogens (tertiary/aromatic N) is 6. The number of nitrogens with two attached hydrogens (primary N) is 1. The van der Waals surface area contributed by atoms with E-state index in [0.717, 1.165) is 55.7 Å². The predicted molar refractivity (Wildman–Crippen MR) is 97.1 cm³/mol. The topological polar surface area (TPSA) is 84.1 Å².